The van der Waals surface area contributed by atoms with Crippen LogP contribution in [0.3, 0.4) is 0 Å². The number of esters is 1. The minimum absolute atomic E-state index is 0.00560. The number of alkyl carbamates (subject to hydrolysis) is 1. The van der Waals surface area contributed by atoms with Crippen LogP contribution >= 0.6 is 0 Å². The highest BCUT2D eigenvalue weighted by Crippen LogP contribution is 2.32. The number of aliphatic hydroxyl groups excluding tert-OH is 6. The minimum atomic E-state index is -1.66. The summed E-state index contributed by atoms with van der Waals surface area (Å²) in [5.74, 6) is -1.27. The lowest BCUT2D eigenvalue weighted by Crippen LogP contribution is -2.56. The lowest BCUT2D eigenvalue weighted by Gasteiger charge is -2.40. The first-order valence-corrected chi connectivity index (χ1v) is 28.4. The third-order valence-corrected chi connectivity index (χ3v) is 15.1. The summed E-state index contributed by atoms with van der Waals surface area (Å²) in [6, 6.07) is 47.7. The largest absolute Gasteiger partial charge is 0.460 e. The number of hydrogen-bond donors (Lipinski definition) is 8. The molecule has 0 spiro atoms. The summed E-state index contributed by atoms with van der Waals surface area (Å²) < 4.78 is 34.6. The molecule has 0 aliphatic carbocycles. The normalized spacial score (nSPS) is 21.0. The summed E-state index contributed by atoms with van der Waals surface area (Å²) in [4.78, 5) is 43.0. The minimum Gasteiger partial charge on any atom is -0.460 e. The number of carbonyl (C=O) groups is 3. The number of nitrogens with one attached hydrogen (secondary N) is 1. The molecular formula is C64H78N4O15. The van der Waals surface area contributed by atoms with Crippen LogP contribution in [0.1, 0.15) is 71.6 Å². The summed E-state index contributed by atoms with van der Waals surface area (Å²) in [5.41, 5.74) is 11.3. The van der Waals surface area contributed by atoms with Gasteiger partial charge in [0.1, 0.15) is 49.8 Å². The Labute approximate surface area is 484 Å². The third kappa shape index (κ3) is 18.4. The molecule has 19 heteroatoms. The number of amides is 2. The quantitative estimate of drug-likeness (QED) is 0.0218. The summed E-state index contributed by atoms with van der Waals surface area (Å²) in [6.45, 7) is -0.545. The first-order valence-electron chi connectivity index (χ1n) is 28.4. The molecule has 83 heavy (non-hydrogen) atoms. The Morgan fingerprint density at radius 1 is 0.578 bits per heavy atom. The Hall–Kier alpha value is -6.69. The monoisotopic (exact) mass is 1140 g/mol. The maximum Gasteiger partial charge on any atom is 0.407 e. The van der Waals surface area contributed by atoms with Crippen molar-refractivity contribution in [2.45, 2.75) is 119 Å². The second-order valence-corrected chi connectivity index (χ2v) is 21.2. The standard InChI is InChI=1S/C64H78N4O15/c65-61(76)51(32-31-46-30-29-45(49-27-13-14-28-50(46)49)22-15-16-33-66-64(77)81-40-44-20-7-2-8-21-44)68(38-56(73)78-39-43-18-5-1-6-19-43)35-17-34-67(36-52(69)57(74)59-54(71)41-79-62(82-59)47-23-9-3-10-24-47)37-53(70)58(75)60-55(72)42-80-63(83-60)48-25-11-4-12-26-48/h1-14,18-21,23-30,51-55,57-60,62-63,69-72,74-75H,15-17,22,31-42H2,(H2,65,76)(H,66,77)/t51?,52-,53-,54+,55+,57+,58+,59+,60+,62?,63?/m0/s1. The molecule has 11 atom stereocenters. The number of aliphatic hydroxyl groups is 6. The first-order chi connectivity index (χ1) is 40.3. The molecule has 2 aliphatic rings. The van der Waals surface area contributed by atoms with Crippen molar-refractivity contribution in [3.05, 3.63) is 191 Å². The number of rotatable bonds is 30. The molecule has 9 N–H and O–H groups in total. The fourth-order valence-electron chi connectivity index (χ4n) is 10.6. The number of hydrogen-bond acceptors (Lipinski definition) is 17. The van der Waals surface area contributed by atoms with Gasteiger partial charge >= 0.3 is 12.1 Å². The number of fused-ring (bicyclic) bond motifs is 1. The van der Waals surface area contributed by atoms with Gasteiger partial charge in [0.25, 0.3) is 0 Å². The van der Waals surface area contributed by atoms with Crippen molar-refractivity contribution in [2.24, 2.45) is 5.73 Å². The highest BCUT2D eigenvalue weighted by molar-refractivity contribution is 5.89. The van der Waals surface area contributed by atoms with Crippen LogP contribution in [-0.2, 0) is 64.1 Å². The van der Waals surface area contributed by atoms with Crippen molar-refractivity contribution in [1.82, 2.24) is 15.1 Å². The summed E-state index contributed by atoms with van der Waals surface area (Å²) in [5, 5.41) is 73.7. The molecule has 6 aromatic rings. The summed E-state index contributed by atoms with van der Waals surface area (Å²) in [7, 11) is 0. The molecule has 3 unspecified atom stereocenters. The Morgan fingerprint density at radius 3 is 1.55 bits per heavy atom. The molecule has 0 saturated carbocycles. The van der Waals surface area contributed by atoms with E-state index in [2.05, 4.69) is 17.4 Å². The molecule has 444 valence electrons. The molecule has 6 aromatic carbocycles. The van der Waals surface area contributed by atoms with Gasteiger partial charge in [0.05, 0.1) is 38.0 Å². The van der Waals surface area contributed by atoms with Crippen molar-refractivity contribution < 1.29 is 73.4 Å². The van der Waals surface area contributed by atoms with E-state index in [0.29, 0.717) is 24.1 Å². The van der Waals surface area contributed by atoms with Crippen LogP contribution in [0.4, 0.5) is 4.79 Å². The molecule has 8 rings (SSSR count). The maximum absolute atomic E-state index is 13.7. The fourth-order valence-corrected chi connectivity index (χ4v) is 10.6. The third-order valence-electron chi connectivity index (χ3n) is 15.1. The van der Waals surface area contributed by atoms with E-state index in [1.807, 2.05) is 97.1 Å². The van der Waals surface area contributed by atoms with Crippen LogP contribution in [0.15, 0.2) is 158 Å². The summed E-state index contributed by atoms with van der Waals surface area (Å²) in [6.07, 6.45) is -10.9. The Kier molecular flexibility index (Phi) is 23.9. The fraction of sp³-hybridized carbons (Fsp3) is 0.422. The highest BCUT2D eigenvalue weighted by Gasteiger charge is 2.42. The number of primary amides is 1. The van der Waals surface area contributed by atoms with Crippen LogP contribution in [0.2, 0.25) is 0 Å². The Morgan fingerprint density at radius 2 is 1.05 bits per heavy atom. The molecule has 2 aliphatic heterocycles. The first kappa shape index (κ1) is 62.4. The van der Waals surface area contributed by atoms with Gasteiger partial charge in [-0.3, -0.25) is 19.4 Å². The van der Waals surface area contributed by atoms with E-state index >= 15 is 0 Å². The Balaban J connectivity index is 0.957. The van der Waals surface area contributed by atoms with Crippen molar-refractivity contribution in [3.8, 4) is 0 Å². The smallest absolute Gasteiger partial charge is 0.407 e. The Bertz CT molecular complexity index is 2840. The second-order valence-electron chi connectivity index (χ2n) is 21.2. The number of nitrogens with two attached hydrogens (primary N) is 1. The zero-order chi connectivity index (χ0) is 58.5. The second kappa shape index (κ2) is 31.8. The van der Waals surface area contributed by atoms with E-state index < -0.39 is 85.4 Å². The number of benzene rings is 6. The molecule has 2 amide bonds. The van der Waals surface area contributed by atoms with Crippen LogP contribution in [0.25, 0.3) is 10.8 Å². The highest BCUT2D eigenvalue weighted by atomic mass is 16.7. The van der Waals surface area contributed by atoms with E-state index in [1.54, 1.807) is 58.3 Å². The SMILES string of the molecule is NC(=O)C(CCc1ccc(CCCCNC(=O)OCc2ccccc2)c2ccccc12)N(CCCN(C[C@H](O)[C@@H](O)[C@@H]1OC(c2ccccc2)OC[C@H]1O)C[C@H](O)[C@@H](O)[C@@H]1OC(c2ccccc2)OC[C@H]1O)CC(=O)OCc1ccccc1. The van der Waals surface area contributed by atoms with E-state index in [-0.39, 0.29) is 72.0 Å². The zero-order valence-electron chi connectivity index (χ0n) is 46.5. The van der Waals surface area contributed by atoms with Crippen molar-refractivity contribution in [2.75, 3.05) is 52.5 Å². The predicted octanol–water partition coefficient (Wildman–Crippen LogP) is 5.01. The van der Waals surface area contributed by atoms with Gasteiger partial charge in [0, 0.05) is 37.3 Å². The van der Waals surface area contributed by atoms with Gasteiger partial charge in [0.2, 0.25) is 5.91 Å². The van der Waals surface area contributed by atoms with Crippen LogP contribution < -0.4 is 11.1 Å². The van der Waals surface area contributed by atoms with Gasteiger partial charge in [-0.15, -0.1) is 0 Å². The van der Waals surface area contributed by atoms with E-state index in [9.17, 15) is 45.0 Å². The van der Waals surface area contributed by atoms with Gasteiger partial charge in [-0.05, 0) is 78.1 Å². The van der Waals surface area contributed by atoms with Gasteiger partial charge in [-0.2, -0.15) is 0 Å². The van der Waals surface area contributed by atoms with E-state index in [0.717, 1.165) is 52.3 Å². The molecule has 0 bridgehead atoms. The number of nitrogens with zero attached hydrogens (tertiary/aromatic N) is 2. The average molecular weight is 1140 g/mol. The maximum atomic E-state index is 13.7. The van der Waals surface area contributed by atoms with Gasteiger partial charge in [0.15, 0.2) is 12.6 Å². The van der Waals surface area contributed by atoms with Gasteiger partial charge < -0.3 is 70.1 Å². The number of aryl methyl sites for hydroxylation is 2. The zero-order valence-corrected chi connectivity index (χ0v) is 46.5. The van der Waals surface area contributed by atoms with Crippen molar-refractivity contribution >= 4 is 28.7 Å². The molecule has 19 nitrogen and oxygen atoms in total. The van der Waals surface area contributed by atoms with Crippen molar-refractivity contribution in [3.63, 3.8) is 0 Å². The van der Waals surface area contributed by atoms with Crippen LogP contribution in [-0.4, -0.2) is 166 Å². The van der Waals surface area contributed by atoms with Crippen molar-refractivity contribution in [1.29, 1.82) is 0 Å². The predicted molar refractivity (Wildman–Crippen MR) is 308 cm³/mol. The van der Waals surface area contributed by atoms with E-state index in [1.165, 1.54) is 0 Å². The number of ether oxygens (including phenoxy) is 6. The molecule has 2 saturated heterocycles. The van der Waals surface area contributed by atoms with Crippen LogP contribution in [0, 0.1) is 0 Å². The molecule has 0 radical (unpaired) electrons. The molecule has 2 heterocycles. The number of unbranched alkanes of at least 4 members (excludes halogenated alkanes) is 1. The lowest BCUT2D eigenvalue weighted by atomic mass is 9.93. The molecular weight excluding hydrogens is 1060 g/mol. The van der Waals surface area contributed by atoms with E-state index in [4.69, 9.17) is 34.2 Å². The summed E-state index contributed by atoms with van der Waals surface area (Å²) >= 11 is 0. The lowest BCUT2D eigenvalue weighted by molar-refractivity contribution is -0.285. The van der Waals surface area contributed by atoms with Gasteiger partial charge in [-0.25, -0.2) is 4.79 Å². The van der Waals surface area contributed by atoms with Gasteiger partial charge in [-0.1, -0.05) is 158 Å². The van der Waals surface area contributed by atoms with Crippen LogP contribution in [0.5, 0.6) is 0 Å². The molecule has 2 fully saturated rings. The molecule has 0 aromatic heterocycles. The number of carbonyl (C=O) groups excluding carboxylic acids is 3. The average Bonchev–Trinajstić information content (AvgIpc) is 3.58. The topological polar surface area (TPSA) is 272 Å².